The highest BCUT2D eigenvalue weighted by molar-refractivity contribution is 7.79. The predicted octanol–water partition coefficient (Wildman–Crippen LogP) is -0.615. The van der Waals surface area contributed by atoms with Crippen LogP contribution in [0.15, 0.2) is 0 Å². The third kappa shape index (κ3) is 40.3. The van der Waals surface area contributed by atoms with Crippen LogP contribution in [-0.2, 0) is 19.5 Å². The van der Waals surface area contributed by atoms with Crippen molar-refractivity contribution in [2.75, 3.05) is 34.3 Å². The largest absolute Gasteiger partial charge is 0.726 e. The van der Waals surface area contributed by atoms with E-state index in [9.17, 15) is 4.57 Å². The molecule has 0 aromatic heterocycles. The minimum absolute atomic E-state index is 0.600. The van der Waals surface area contributed by atoms with Crippen LogP contribution in [-0.4, -0.2) is 56.3 Å². The summed E-state index contributed by atoms with van der Waals surface area (Å²) in [4.78, 5) is 0. The molecule has 0 heterocycles. The molecule has 0 saturated carbocycles. The Balaban J connectivity index is 0. The van der Waals surface area contributed by atoms with Crippen molar-refractivity contribution in [1.29, 1.82) is 0 Å². The van der Waals surface area contributed by atoms with Gasteiger partial charge in [-0.25, -0.2) is 8.42 Å². The maximum absolute atomic E-state index is 9.87. The molecule has 1 atom stereocenters. The van der Waals surface area contributed by atoms with Crippen molar-refractivity contribution in [3.8, 4) is 0 Å². The molecule has 0 aliphatic carbocycles. The lowest BCUT2D eigenvalue weighted by Gasteiger charge is -2.22. The zero-order valence-electron chi connectivity index (χ0n) is 8.34. The summed E-state index contributed by atoms with van der Waals surface area (Å²) in [5.74, 6) is 0. The first-order valence-electron chi connectivity index (χ1n) is 3.60. The van der Waals surface area contributed by atoms with Crippen molar-refractivity contribution in [2.24, 2.45) is 0 Å². The molecule has 0 aliphatic rings. The summed E-state index contributed by atoms with van der Waals surface area (Å²) >= 11 is 0. The van der Waals surface area contributed by atoms with Gasteiger partial charge in [-0.3, -0.25) is 9.12 Å². The quantitative estimate of drug-likeness (QED) is 0.234. The summed E-state index contributed by atoms with van der Waals surface area (Å²) in [6.07, 6.45) is 0. The molecule has 0 aromatic carbocycles. The number of nitrogens with zero attached hydrogens (tertiary/aromatic N) is 1. The molecule has 0 amide bonds. The van der Waals surface area contributed by atoms with Crippen molar-refractivity contribution in [1.82, 2.24) is 0 Å². The fourth-order valence-electron chi connectivity index (χ4n) is 0.375. The highest BCUT2D eigenvalue weighted by atomic mass is 32.3. The fraction of sp³-hybridized carbons (Fsp3) is 1.00. The van der Waals surface area contributed by atoms with Crippen LogP contribution < -0.4 is 0 Å². The molecule has 88 valence electrons. The van der Waals surface area contributed by atoms with Gasteiger partial charge in [0, 0.05) is 0 Å². The highest BCUT2D eigenvalue weighted by Crippen LogP contribution is 1.96. The maximum Gasteiger partial charge on any atom is 0.215 e. The van der Waals surface area contributed by atoms with E-state index in [4.69, 9.17) is 22.0 Å². The molecule has 0 aromatic rings. The number of rotatable bonds is 4. The normalized spacial score (nSPS) is 12.6. The molecule has 9 heteroatoms. The van der Waals surface area contributed by atoms with Gasteiger partial charge >= 0.3 is 0 Å². The van der Waals surface area contributed by atoms with Crippen LogP contribution in [0, 0.1) is 0 Å². The smallest absolute Gasteiger partial charge is 0.215 e. The number of quaternary nitrogens is 1. The van der Waals surface area contributed by atoms with E-state index < -0.39 is 19.1 Å². The van der Waals surface area contributed by atoms with Gasteiger partial charge in [0.2, 0.25) is 10.4 Å². The Hall–Kier alpha value is 0.0200. The monoisotopic (exact) mass is 249 g/mol. The summed E-state index contributed by atoms with van der Waals surface area (Å²) < 4.78 is 48.3. The second-order valence-electron chi connectivity index (χ2n) is 3.41. The summed E-state index contributed by atoms with van der Waals surface area (Å²) in [5, 5.41) is 0. The lowest BCUT2D eigenvalue weighted by molar-refractivity contribution is -0.870. The van der Waals surface area contributed by atoms with E-state index in [2.05, 4.69) is 21.1 Å². The first-order valence-corrected chi connectivity index (χ1v) is 5.91. The number of hydrogen-bond acceptors (Lipinski definition) is 5. The van der Waals surface area contributed by atoms with Gasteiger partial charge in [-0.1, -0.05) is 0 Å². The SMILES string of the molecule is C[N+](C)(C)CCO[PH2]=O.O=S(=O)([O-])O. The van der Waals surface area contributed by atoms with Crippen molar-refractivity contribution in [3.63, 3.8) is 0 Å². The van der Waals surface area contributed by atoms with E-state index in [1.165, 1.54) is 0 Å². The molecular weight excluding hydrogens is 233 g/mol. The van der Waals surface area contributed by atoms with E-state index in [0.29, 0.717) is 6.61 Å². The predicted molar refractivity (Wildman–Crippen MR) is 51.6 cm³/mol. The van der Waals surface area contributed by atoms with Gasteiger partial charge in [0.05, 0.1) is 21.1 Å². The van der Waals surface area contributed by atoms with Crippen molar-refractivity contribution in [3.05, 3.63) is 0 Å². The van der Waals surface area contributed by atoms with E-state index in [-0.39, 0.29) is 0 Å². The number of hydrogen-bond donors (Lipinski definition) is 1. The maximum atomic E-state index is 9.87. The molecule has 7 nitrogen and oxygen atoms in total. The van der Waals surface area contributed by atoms with E-state index in [0.717, 1.165) is 11.0 Å². The average molecular weight is 249 g/mol. The second-order valence-corrected chi connectivity index (χ2v) is 4.79. The lowest BCUT2D eigenvalue weighted by atomic mass is 10.5. The summed E-state index contributed by atoms with van der Waals surface area (Å²) in [6, 6.07) is 0. The Bertz CT molecular complexity index is 237. The van der Waals surface area contributed by atoms with Crippen molar-refractivity contribution >= 4 is 19.1 Å². The van der Waals surface area contributed by atoms with Gasteiger partial charge in [-0.15, -0.1) is 0 Å². The standard InChI is InChI=1S/C5H15NO2P.H2O4S/c1-6(2,3)4-5-8-9-7;1-5(2,3)4/h4-5,9H2,1-3H3;(H2,1,2,3,4)/q+1;/p-1. The molecule has 0 aliphatic heterocycles. The fourth-order valence-corrected chi connectivity index (χ4v) is 0.576. The Morgan fingerprint density at radius 2 is 1.79 bits per heavy atom. The topological polar surface area (TPSA) is 104 Å². The van der Waals surface area contributed by atoms with E-state index in [1.54, 1.807) is 0 Å². The molecular formula is C5H16NO6PS. The van der Waals surface area contributed by atoms with Gasteiger partial charge in [-0.2, -0.15) is 0 Å². The van der Waals surface area contributed by atoms with E-state index in [1.807, 2.05) is 0 Å². The van der Waals surface area contributed by atoms with Crippen molar-refractivity contribution in [2.45, 2.75) is 0 Å². The van der Waals surface area contributed by atoms with E-state index >= 15 is 0 Å². The average Bonchev–Trinajstić information content (AvgIpc) is 1.80. The molecule has 1 N–H and O–H groups in total. The summed E-state index contributed by atoms with van der Waals surface area (Å²) in [7, 11) is 0.286. The minimum atomic E-state index is -4.92. The summed E-state index contributed by atoms with van der Waals surface area (Å²) in [6.45, 7) is 1.51. The molecule has 0 rings (SSSR count). The molecule has 0 bridgehead atoms. The zero-order valence-corrected chi connectivity index (χ0v) is 10.3. The molecule has 0 saturated heterocycles. The Morgan fingerprint density at radius 3 is 2.00 bits per heavy atom. The van der Waals surface area contributed by atoms with Crippen molar-refractivity contribution < 1.29 is 31.1 Å². The van der Waals surface area contributed by atoms with Crippen LogP contribution >= 0.6 is 8.69 Å². The molecule has 1 unspecified atom stereocenters. The van der Waals surface area contributed by atoms with Gasteiger partial charge < -0.3 is 13.6 Å². The molecule has 0 radical (unpaired) electrons. The third-order valence-corrected chi connectivity index (χ3v) is 1.32. The van der Waals surface area contributed by atoms with Crippen LogP contribution in [0.1, 0.15) is 0 Å². The van der Waals surface area contributed by atoms with Crippen LogP contribution in [0.2, 0.25) is 0 Å². The van der Waals surface area contributed by atoms with Gasteiger partial charge in [0.25, 0.3) is 0 Å². The van der Waals surface area contributed by atoms with Crippen LogP contribution in [0.3, 0.4) is 0 Å². The van der Waals surface area contributed by atoms with Crippen LogP contribution in [0.5, 0.6) is 0 Å². The zero-order chi connectivity index (χ0) is 11.8. The van der Waals surface area contributed by atoms with Gasteiger partial charge in [-0.05, 0) is 0 Å². The Kier molecular flexibility index (Phi) is 8.61. The third-order valence-electron chi connectivity index (χ3n) is 0.948. The first kappa shape index (κ1) is 16.4. The molecule has 0 spiro atoms. The minimum Gasteiger partial charge on any atom is -0.726 e. The summed E-state index contributed by atoms with van der Waals surface area (Å²) in [5.41, 5.74) is 0. The first-order chi connectivity index (χ1) is 6.06. The highest BCUT2D eigenvalue weighted by Gasteiger charge is 2.04. The Labute approximate surface area is 85.1 Å². The van der Waals surface area contributed by atoms with Crippen LogP contribution in [0.25, 0.3) is 0 Å². The second kappa shape index (κ2) is 7.33. The number of likely N-dealkylation sites (N-methyl/N-ethyl adjacent to an activating group) is 1. The Morgan fingerprint density at radius 1 is 1.43 bits per heavy atom. The van der Waals surface area contributed by atoms with Crippen LogP contribution in [0.4, 0.5) is 0 Å². The lowest BCUT2D eigenvalue weighted by Crippen LogP contribution is -2.37. The molecule has 14 heavy (non-hydrogen) atoms. The van der Waals surface area contributed by atoms with Gasteiger partial charge in [0.1, 0.15) is 13.2 Å². The molecule has 0 fully saturated rings. The van der Waals surface area contributed by atoms with Gasteiger partial charge in [0.15, 0.2) is 8.69 Å².